The van der Waals surface area contributed by atoms with Crippen molar-refractivity contribution in [3.05, 3.63) is 95.7 Å². The Balaban J connectivity index is 1.57. The van der Waals surface area contributed by atoms with Crippen LogP contribution in [0.1, 0.15) is 30.5 Å². The molecule has 156 valence electrons. The lowest BCUT2D eigenvalue weighted by atomic mass is 9.91. The van der Waals surface area contributed by atoms with Crippen molar-refractivity contribution in [1.29, 1.82) is 0 Å². The third kappa shape index (κ3) is 2.85. The lowest BCUT2D eigenvalue weighted by Gasteiger charge is -2.23. The van der Waals surface area contributed by atoms with Crippen molar-refractivity contribution in [1.82, 2.24) is 4.98 Å². The molecule has 1 aliphatic heterocycles. The molecule has 0 unspecified atom stereocenters. The summed E-state index contributed by atoms with van der Waals surface area (Å²) in [7, 11) is 0. The van der Waals surface area contributed by atoms with Gasteiger partial charge < -0.3 is 0 Å². The van der Waals surface area contributed by atoms with Gasteiger partial charge in [0, 0.05) is 5.39 Å². The number of aromatic nitrogens is 1. The Morgan fingerprint density at radius 2 is 1.91 bits per heavy atom. The number of furan rings is 1. The van der Waals surface area contributed by atoms with Crippen LogP contribution in [0.2, 0.25) is 0 Å². The fourth-order valence-electron chi connectivity index (χ4n) is 4.86. The molecule has 0 radical (unpaired) electrons. The van der Waals surface area contributed by atoms with Crippen molar-refractivity contribution in [3.8, 4) is 0 Å². The fraction of sp³-hybridized carbons (Fsp3) is 0.138. The molecular weight excluding hydrogens is 392 g/mol. The molecule has 0 amide bonds. The van der Waals surface area contributed by atoms with E-state index in [-0.39, 0.29) is 0 Å². The lowest BCUT2D eigenvalue weighted by molar-refractivity contribution is -0.400. The fourth-order valence-corrected chi connectivity index (χ4v) is 4.86. The van der Waals surface area contributed by atoms with E-state index < -0.39 is 0 Å². The highest BCUT2D eigenvalue weighted by Gasteiger charge is 2.29. The number of pyridine rings is 1. The van der Waals surface area contributed by atoms with E-state index in [1.54, 1.807) is 6.20 Å². The zero-order valence-corrected chi connectivity index (χ0v) is 18.3. The molecule has 3 heteroatoms. The van der Waals surface area contributed by atoms with E-state index in [0.717, 1.165) is 40.1 Å². The summed E-state index contributed by atoms with van der Waals surface area (Å²) >= 11 is 0. The number of fused-ring (bicyclic) bond motifs is 6. The molecule has 0 bridgehead atoms. The molecule has 0 saturated heterocycles. The first-order chi connectivity index (χ1) is 15.6. The van der Waals surface area contributed by atoms with Gasteiger partial charge in [-0.05, 0) is 52.4 Å². The number of hydrogen-bond acceptors (Lipinski definition) is 1. The largest absolute Gasteiger partial charge is 0.377 e. The number of rotatable bonds is 3. The van der Waals surface area contributed by atoms with E-state index in [1.807, 2.05) is 10.6 Å². The third-order valence-electron chi connectivity index (χ3n) is 6.27. The van der Waals surface area contributed by atoms with Gasteiger partial charge in [-0.3, -0.25) is 4.42 Å². The van der Waals surface area contributed by atoms with Gasteiger partial charge in [0.15, 0.2) is 11.7 Å². The maximum Gasteiger partial charge on any atom is 0.377 e. The Hall–Kier alpha value is -3.85. The molecule has 3 aromatic carbocycles. The third-order valence-corrected chi connectivity index (χ3v) is 6.27. The van der Waals surface area contributed by atoms with E-state index >= 15 is 0 Å². The van der Waals surface area contributed by atoms with Crippen LogP contribution >= 0.6 is 0 Å². The Labute approximate surface area is 187 Å². The summed E-state index contributed by atoms with van der Waals surface area (Å²) < 4.78 is 8.32. The Morgan fingerprint density at radius 3 is 2.78 bits per heavy atom. The van der Waals surface area contributed by atoms with Crippen LogP contribution in [-0.2, 0) is 6.42 Å². The first kappa shape index (κ1) is 18.9. The maximum absolute atomic E-state index is 6.28. The quantitative estimate of drug-likeness (QED) is 0.175. The van der Waals surface area contributed by atoms with Crippen LogP contribution in [0.15, 0.2) is 77.4 Å². The normalized spacial score (nSPS) is 13.6. The van der Waals surface area contributed by atoms with Crippen LogP contribution in [0.3, 0.4) is 0 Å². The molecule has 0 saturated carbocycles. The summed E-state index contributed by atoms with van der Waals surface area (Å²) in [4.78, 5) is 4.46. The van der Waals surface area contributed by atoms with Gasteiger partial charge >= 0.3 is 5.71 Å². The van der Waals surface area contributed by atoms with E-state index in [1.165, 1.54) is 21.9 Å². The molecular formula is C29H24N2O. The highest BCUT2D eigenvalue weighted by atomic mass is 16.3. The Bertz CT molecular complexity index is 1550. The first-order valence-electron chi connectivity index (χ1n) is 11.1. The molecule has 0 fully saturated rings. The van der Waals surface area contributed by atoms with Crippen molar-refractivity contribution in [3.63, 3.8) is 0 Å². The monoisotopic (exact) mass is 416 g/mol. The van der Waals surface area contributed by atoms with Crippen LogP contribution in [0.25, 0.3) is 38.9 Å². The van der Waals surface area contributed by atoms with Gasteiger partial charge in [-0.2, -0.15) is 0 Å². The second-order valence-electron chi connectivity index (χ2n) is 8.94. The first-order valence-corrected chi connectivity index (χ1v) is 11.1. The van der Waals surface area contributed by atoms with Crippen molar-refractivity contribution in [2.75, 3.05) is 0 Å². The van der Waals surface area contributed by atoms with E-state index in [4.69, 9.17) is 4.42 Å². The molecule has 6 rings (SSSR count). The average molecular weight is 417 g/mol. The summed E-state index contributed by atoms with van der Waals surface area (Å²) in [6.07, 6.45) is 7.15. The molecule has 1 aliphatic rings. The van der Waals surface area contributed by atoms with E-state index in [9.17, 15) is 0 Å². The van der Waals surface area contributed by atoms with Gasteiger partial charge in [-0.25, -0.2) is 9.56 Å². The van der Waals surface area contributed by atoms with Crippen LogP contribution in [0.5, 0.6) is 0 Å². The average Bonchev–Trinajstić information content (AvgIpc) is 3.17. The van der Waals surface area contributed by atoms with Gasteiger partial charge in [-0.15, -0.1) is 12.1 Å². The minimum Gasteiger partial charge on any atom is -0.268 e. The predicted molar refractivity (Wildman–Crippen MR) is 132 cm³/mol. The van der Waals surface area contributed by atoms with Crippen LogP contribution in [0.4, 0.5) is 5.69 Å². The highest BCUT2D eigenvalue weighted by Crippen LogP contribution is 2.41. The molecule has 0 aliphatic carbocycles. The zero-order chi connectivity index (χ0) is 21.8. The summed E-state index contributed by atoms with van der Waals surface area (Å²) in [6, 6.07) is 22.4. The topological polar surface area (TPSA) is 27.2 Å². The van der Waals surface area contributed by atoms with Gasteiger partial charge in [0.1, 0.15) is 0 Å². The van der Waals surface area contributed by atoms with Crippen molar-refractivity contribution >= 4 is 51.3 Å². The summed E-state index contributed by atoms with van der Waals surface area (Å²) in [5, 5.41) is 4.63. The SMILES string of the molecule is C=[N+]1c2ccc3ccccc3c2C=C[C-]1c1cc(CC(C)C)cc2c1[o+][c-]1ncccc21. The smallest absolute Gasteiger partial charge is 0.268 e. The van der Waals surface area contributed by atoms with Crippen LogP contribution in [0, 0.1) is 12.0 Å². The Morgan fingerprint density at radius 1 is 1.03 bits per heavy atom. The van der Waals surface area contributed by atoms with E-state index in [2.05, 4.69) is 92.3 Å². The highest BCUT2D eigenvalue weighted by molar-refractivity contribution is 6.05. The molecule has 0 N–H and O–H groups in total. The van der Waals surface area contributed by atoms with Gasteiger partial charge in [0.2, 0.25) is 0 Å². The lowest BCUT2D eigenvalue weighted by Crippen LogP contribution is -2.16. The zero-order valence-electron chi connectivity index (χ0n) is 18.3. The second-order valence-corrected chi connectivity index (χ2v) is 8.94. The minimum absolute atomic E-state index is 0.562. The van der Waals surface area contributed by atoms with Gasteiger partial charge in [0.05, 0.1) is 12.3 Å². The molecule has 2 aromatic heterocycles. The van der Waals surface area contributed by atoms with Crippen LogP contribution < -0.4 is 0 Å². The summed E-state index contributed by atoms with van der Waals surface area (Å²) in [6.45, 7) is 8.95. The molecule has 3 heterocycles. The number of benzene rings is 3. The Kier molecular flexibility index (Phi) is 4.19. The molecule has 0 spiro atoms. The second kappa shape index (κ2) is 7.10. The predicted octanol–water partition coefficient (Wildman–Crippen LogP) is 7.28. The maximum atomic E-state index is 6.28. The molecule has 5 aromatic rings. The summed E-state index contributed by atoms with van der Waals surface area (Å²) in [5.41, 5.74) is 6.19. The van der Waals surface area contributed by atoms with E-state index in [0.29, 0.717) is 11.6 Å². The minimum atomic E-state index is 0.562. The molecule has 32 heavy (non-hydrogen) atoms. The van der Waals surface area contributed by atoms with Crippen molar-refractivity contribution < 1.29 is 8.99 Å². The molecule has 3 nitrogen and oxygen atoms in total. The van der Waals surface area contributed by atoms with Crippen molar-refractivity contribution in [2.24, 2.45) is 5.92 Å². The number of hydrogen-bond donors (Lipinski definition) is 0. The number of nitrogens with zero attached hydrogens (tertiary/aromatic N) is 2. The molecule has 0 atom stereocenters. The van der Waals surface area contributed by atoms with Gasteiger partial charge in [-0.1, -0.05) is 68.0 Å². The van der Waals surface area contributed by atoms with Gasteiger partial charge in [0.25, 0.3) is 5.58 Å². The summed E-state index contributed by atoms with van der Waals surface area (Å²) in [5.74, 6) is 0.562. The standard InChI is InChI=1S/C29H24N2O/c1-18(2)15-19-16-24-23-9-6-14-30-29(23)32-28(24)25(17-19)27-13-11-22-21-8-5-4-7-20(21)10-12-26(22)31(27)3/h4-14,16-18H,3,15H2,1-2H3. The van der Waals surface area contributed by atoms with Crippen LogP contribution in [-0.4, -0.2) is 16.3 Å². The van der Waals surface area contributed by atoms with Crippen molar-refractivity contribution in [2.45, 2.75) is 20.3 Å².